The fourth-order valence-corrected chi connectivity index (χ4v) is 2.61. The Bertz CT molecular complexity index is 410. The molecule has 1 heterocycles. The van der Waals surface area contributed by atoms with E-state index < -0.39 is 0 Å². The molecule has 0 atom stereocenters. The van der Waals surface area contributed by atoms with Gasteiger partial charge in [0.2, 0.25) is 5.89 Å². The predicted molar refractivity (Wildman–Crippen MR) is 66.0 cm³/mol. The van der Waals surface area contributed by atoms with Gasteiger partial charge in [0.25, 0.3) is 11.7 Å². The van der Waals surface area contributed by atoms with Gasteiger partial charge in [-0.3, -0.25) is 4.79 Å². The van der Waals surface area contributed by atoms with E-state index in [1.807, 2.05) is 0 Å². The Labute approximate surface area is 106 Å². The number of aromatic nitrogens is 2. The highest BCUT2D eigenvalue weighted by atomic mass is 16.5. The fourth-order valence-electron chi connectivity index (χ4n) is 2.61. The maximum absolute atomic E-state index is 11.3. The molecule has 6 heteroatoms. The average molecular weight is 252 g/mol. The first-order valence-electron chi connectivity index (χ1n) is 6.44. The van der Waals surface area contributed by atoms with Gasteiger partial charge >= 0.3 is 0 Å². The molecule has 100 valence electrons. The van der Waals surface area contributed by atoms with Gasteiger partial charge in [0.05, 0.1) is 0 Å². The standard InChI is InChI=1S/C12H20N4O2/c1-14-11(17)10-15-9(18-16-10)7-12(8-13)5-3-2-4-6-12/h2-8,13H2,1H3,(H,14,17). The second-order valence-electron chi connectivity index (χ2n) is 5.03. The molecule has 6 nitrogen and oxygen atoms in total. The summed E-state index contributed by atoms with van der Waals surface area (Å²) in [7, 11) is 1.54. The Balaban J connectivity index is 2.07. The first-order chi connectivity index (χ1) is 8.69. The van der Waals surface area contributed by atoms with E-state index in [2.05, 4.69) is 15.5 Å². The van der Waals surface area contributed by atoms with Gasteiger partial charge in [-0.15, -0.1) is 0 Å². The van der Waals surface area contributed by atoms with Crippen molar-refractivity contribution in [2.75, 3.05) is 13.6 Å². The van der Waals surface area contributed by atoms with Crippen LogP contribution < -0.4 is 11.1 Å². The number of carbonyl (C=O) groups excluding carboxylic acids is 1. The third-order valence-electron chi connectivity index (χ3n) is 3.77. The zero-order valence-corrected chi connectivity index (χ0v) is 10.7. The van der Waals surface area contributed by atoms with E-state index in [9.17, 15) is 4.79 Å². The summed E-state index contributed by atoms with van der Waals surface area (Å²) in [6.45, 7) is 0.630. The number of nitrogens with two attached hydrogens (primary N) is 1. The van der Waals surface area contributed by atoms with E-state index >= 15 is 0 Å². The van der Waals surface area contributed by atoms with Crippen molar-refractivity contribution < 1.29 is 9.32 Å². The Hall–Kier alpha value is -1.43. The summed E-state index contributed by atoms with van der Waals surface area (Å²) in [5, 5.41) is 6.15. The molecule has 0 unspecified atom stereocenters. The van der Waals surface area contributed by atoms with Crippen molar-refractivity contribution in [2.45, 2.75) is 38.5 Å². The summed E-state index contributed by atoms with van der Waals surface area (Å²) in [4.78, 5) is 15.5. The van der Waals surface area contributed by atoms with Gasteiger partial charge in [0.1, 0.15) is 0 Å². The molecule has 1 aromatic rings. The van der Waals surface area contributed by atoms with E-state index in [-0.39, 0.29) is 17.1 Å². The maximum Gasteiger partial charge on any atom is 0.292 e. The van der Waals surface area contributed by atoms with Crippen LogP contribution in [0.3, 0.4) is 0 Å². The van der Waals surface area contributed by atoms with Gasteiger partial charge < -0.3 is 15.6 Å². The minimum Gasteiger partial charge on any atom is -0.352 e. The lowest BCUT2D eigenvalue weighted by molar-refractivity contribution is 0.0950. The summed E-state index contributed by atoms with van der Waals surface area (Å²) < 4.78 is 5.14. The number of nitrogens with one attached hydrogen (secondary N) is 1. The van der Waals surface area contributed by atoms with Gasteiger partial charge in [-0.1, -0.05) is 24.4 Å². The first kappa shape index (κ1) is 13.0. The minimum atomic E-state index is -0.324. The van der Waals surface area contributed by atoms with Crippen LogP contribution >= 0.6 is 0 Å². The summed E-state index contributed by atoms with van der Waals surface area (Å²) in [5.74, 6) is 0.284. The highest BCUT2D eigenvalue weighted by Crippen LogP contribution is 2.37. The molecule has 0 spiro atoms. The van der Waals surface area contributed by atoms with E-state index in [1.165, 1.54) is 19.3 Å². The lowest BCUT2D eigenvalue weighted by Crippen LogP contribution is -2.35. The highest BCUT2D eigenvalue weighted by molar-refractivity contribution is 5.89. The molecular formula is C12H20N4O2. The van der Waals surface area contributed by atoms with Crippen LogP contribution in [0.4, 0.5) is 0 Å². The largest absolute Gasteiger partial charge is 0.352 e. The number of hydrogen-bond acceptors (Lipinski definition) is 5. The van der Waals surface area contributed by atoms with E-state index in [1.54, 1.807) is 7.05 Å². The zero-order chi connectivity index (χ0) is 13.0. The van der Waals surface area contributed by atoms with Crippen molar-refractivity contribution in [3.63, 3.8) is 0 Å². The van der Waals surface area contributed by atoms with Crippen LogP contribution in [0, 0.1) is 5.41 Å². The molecule has 0 radical (unpaired) electrons. The maximum atomic E-state index is 11.3. The Kier molecular flexibility index (Phi) is 3.96. The molecule has 1 amide bonds. The van der Waals surface area contributed by atoms with Gasteiger partial charge in [-0.2, -0.15) is 4.98 Å². The zero-order valence-electron chi connectivity index (χ0n) is 10.7. The number of hydrogen-bond donors (Lipinski definition) is 2. The molecule has 1 saturated carbocycles. The molecule has 1 aliphatic carbocycles. The normalized spacial score (nSPS) is 18.6. The molecule has 18 heavy (non-hydrogen) atoms. The molecule has 1 aliphatic rings. The first-order valence-corrected chi connectivity index (χ1v) is 6.44. The average Bonchev–Trinajstić information content (AvgIpc) is 2.87. The van der Waals surface area contributed by atoms with Crippen molar-refractivity contribution in [3.8, 4) is 0 Å². The van der Waals surface area contributed by atoms with Crippen LogP contribution in [0.1, 0.15) is 48.6 Å². The Morgan fingerprint density at radius 3 is 2.78 bits per heavy atom. The summed E-state index contributed by atoms with van der Waals surface area (Å²) in [6.07, 6.45) is 6.55. The van der Waals surface area contributed by atoms with Gasteiger partial charge in [-0.05, 0) is 24.8 Å². The van der Waals surface area contributed by atoms with Crippen LogP contribution in [-0.2, 0) is 6.42 Å². The summed E-state index contributed by atoms with van der Waals surface area (Å²) >= 11 is 0. The van der Waals surface area contributed by atoms with Crippen molar-refractivity contribution in [1.29, 1.82) is 0 Å². The van der Waals surface area contributed by atoms with Crippen molar-refractivity contribution in [3.05, 3.63) is 11.7 Å². The fraction of sp³-hybridized carbons (Fsp3) is 0.750. The van der Waals surface area contributed by atoms with Crippen molar-refractivity contribution in [1.82, 2.24) is 15.5 Å². The third-order valence-corrected chi connectivity index (χ3v) is 3.77. The van der Waals surface area contributed by atoms with Crippen LogP contribution in [0.5, 0.6) is 0 Å². The monoisotopic (exact) mass is 252 g/mol. The lowest BCUT2D eigenvalue weighted by Gasteiger charge is -2.34. The quantitative estimate of drug-likeness (QED) is 0.829. The van der Waals surface area contributed by atoms with Crippen LogP contribution in [-0.4, -0.2) is 29.6 Å². The number of rotatable bonds is 4. The second kappa shape index (κ2) is 5.48. The van der Waals surface area contributed by atoms with E-state index in [0.717, 1.165) is 12.8 Å². The van der Waals surface area contributed by atoms with Gasteiger partial charge in [0, 0.05) is 13.5 Å². The Morgan fingerprint density at radius 2 is 2.17 bits per heavy atom. The lowest BCUT2D eigenvalue weighted by atomic mass is 9.72. The van der Waals surface area contributed by atoms with Crippen LogP contribution in [0.2, 0.25) is 0 Å². The molecule has 1 fully saturated rings. The van der Waals surface area contributed by atoms with E-state index in [4.69, 9.17) is 10.3 Å². The Morgan fingerprint density at radius 1 is 1.44 bits per heavy atom. The summed E-state index contributed by atoms with van der Waals surface area (Å²) in [6, 6.07) is 0. The number of carbonyl (C=O) groups is 1. The van der Waals surface area contributed by atoms with Gasteiger partial charge in [-0.25, -0.2) is 0 Å². The van der Waals surface area contributed by atoms with Crippen molar-refractivity contribution in [2.24, 2.45) is 11.1 Å². The highest BCUT2D eigenvalue weighted by Gasteiger charge is 2.33. The smallest absolute Gasteiger partial charge is 0.292 e. The molecule has 0 bridgehead atoms. The SMILES string of the molecule is CNC(=O)c1noc(CC2(CN)CCCCC2)n1. The molecule has 3 N–H and O–H groups in total. The van der Waals surface area contributed by atoms with Crippen LogP contribution in [0.25, 0.3) is 0 Å². The number of nitrogens with zero attached hydrogens (tertiary/aromatic N) is 2. The topological polar surface area (TPSA) is 94.0 Å². The third kappa shape index (κ3) is 2.69. The molecule has 0 aromatic carbocycles. The van der Waals surface area contributed by atoms with Crippen molar-refractivity contribution >= 4 is 5.91 Å². The molecule has 0 aliphatic heterocycles. The summed E-state index contributed by atoms with van der Waals surface area (Å²) in [5.41, 5.74) is 5.98. The van der Waals surface area contributed by atoms with Gasteiger partial charge in [0.15, 0.2) is 0 Å². The molecule has 1 aromatic heterocycles. The minimum absolute atomic E-state index is 0.0742. The number of amides is 1. The van der Waals surface area contributed by atoms with E-state index in [0.29, 0.717) is 18.9 Å². The molecule has 0 saturated heterocycles. The predicted octanol–water partition coefficient (Wildman–Crippen LogP) is 0.881. The second-order valence-corrected chi connectivity index (χ2v) is 5.03. The molecule has 2 rings (SSSR count). The van der Waals surface area contributed by atoms with Crippen LogP contribution in [0.15, 0.2) is 4.52 Å². The molecular weight excluding hydrogens is 232 g/mol.